The van der Waals surface area contributed by atoms with Crippen molar-refractivity contribution in [3.05, 3.63) is 50.7 Å². The molecule has 0 saturated heterocycles. The van der Waals surface area contributed by atoms with Crippen molar-refractivity contribution in [2.24, 2.45) is 0 Å². The molecule has 0 radical (unpaired) electrons. The van der Waals surface area contributed by atoms with Crippen LogP contribution >= 0.6 is 39.1 Å². The van der Waals surface area contributed by atoms with Crippen LogP contribution in [-0.4, -0.2) is 10.1 Å². The maximum atomic E-state index is 9.77. The Balaban J connectivity index is 2.16. The summed E-state index contributed by atoms with van der Waals surface area (Å²) in [5, 5.41) is 13.6. The SMILES string of the molecule is Oc1c(Cl)cccc1CNc1cc(Br)cnc1Cl. The lowest BCUT2D eigenvalue weighted by Crippen LogP contribution is -2.01. The van der Waals surface area contributed by atoms with Crippen molar-refractivity contribution < 1.29 is 5.11 Å². The largest absolute Gasteiger partial charge is 0.506 e. The van der Waals surface area contributed by atoms with E-state index in [1.54, 1.807) is 24.4 Å². The molecule has 6 heteroatoms. The molecular formula is C12H9BrCl2N2O. The summed E-state index contributed by atoms with van der Waals surface area (Å²) in [5.41, 5.74) is 1.38. The minimum absolute atomic E-state index is 0.0748. The number of hydrogen-bond donors (Lipinski definition) is 2. The molecule has 0 aliphatic rings. The molecule has 0 atom stereocenters. The van der Waals surface area contributed by atoms with E-state index in [0.717, 1.165) is 4.47 Å². The second kappa shape index (κ2) is 5.78. The number of phenolic OH excluding ortho intramolecular Hbond substituents is 1. The van der Waals surface area contributed by atoms with Crippen molar-refractivity contribution in [2.45, 2.75) is 6.54 Å². The van der Waals surface area contributed by atoms with Gasteiger partial charge < -0.3 is 10.4 Å². The zero-order valence-electron chi connectivity index (χ0n) is 9.12. The lowest BCUT2D eigenvalue weighted by molar-refractivity contribution is 0.469. The van der Waals surface area contributed by atoms with Crippen molar-refractivity contribution in [3.63, 3.8) is 0 Å². The maximum Gasteiger partial charge on any atom is 0.152 e. The smallest absolute Gasteiger partial charge is 0.152 e. The predicted molar refractivity (Wildman–Crippen MR) is 77.4 cm³/mol. The third-order valence-electron chi connectivity index (χ3n) is 2.35. The fourth-order valence-corrected chi connectivity index (χ4v) is 2.14. The van der Waals surface area contributed by atoms with Gasteiger partial charge in [0.15, 0.2) is 5.15 Å². The van der Waals surface area contributed by atoms with E-state index in [-0.39, 0.29) is 5.75 Å². The summed E-state index contributed by atoms with van der Waals surface area (Å²) in [7, 11) is 0. The molecule has 1 heterocycles. The highest BCUT2D eigenvalue weighted by molar-refractivity contribution is 9.10. The number of halogens is 3. The van der Waals surface area contributed by atoms with Crippen LogP contribution in [0.2, 0.25) is 10.2 Å². The highest BCUT2D eigenvalue weighted by Crippen LogP contribution is 2.29. The Hall–Kier alpha value is -0.970. The number of nitrogens with zero attached hydrogens (tertiary/aromatic N) is 1. The minimum atomic E-state index is 0.0748. The molecule has 0 aliphatic carbocycles. The van der Waals surface area contributed by atoms with Gasteiger partial charge in [0.25, 0.3) is 0 Å². The van der Waals surface area contributed by atoms with E-state index in [2.05, 4.69) is 26.2 Å². The number of nitrogens with one attached hydrogen (secondary N) is 1. The Morgan fingerprint density at radius 3 is 2.89 bits per heavy atom. The Labute approximate surface area is 123 Å². The first-order chi connectivity index (χ1) is 8.58. The number of para-hydroxylation sites is 1. The van der Waals surface area contributed by atoms with Gasteiger partial charge in [0.05, 0.1) is 10.7 Å². The van der Waals surface area contributed by atoms with Gasteiger partial charge in [0.2, 0.25) is 0 Å². The van der Waals surface area contributed by atoms with Crippen LogP contribution < -0.4 is 5.32 Å². The monoisotopic (exact) mass is 346 g/mol. The molecule has 0 saturated carbocycles. The molecular weight excluding hydrogens is 339 g/mol. The number of benzene rings is 1. The van der Waals surface area contributed by atoms with Gasteiger partial charge in [0, 0.05) is 22.8 Å². The summed E-state index contributed by atoms with van der Waals surface area (Å²) < 4.78 is 0.824. The lowest BCUT2D eigenvalue weighted by atomic mass is 10.2. The molecule has 0 spiro atoms. The number of rotatable bonds is 3. The summed E-state index contributed by atoms with van der Waals surface area (Å²) in [4.78, 5) is 4.00. The Morgan fingerprint density at radius 2 is 2.11 bits per heavy atom. The number of hydrogen-bond acceptors (Lipinski definition) is 3. The summed E-state index contributed by atoms with van der Waals surface area (Å²) in [5.74, 6) is 0.0748. The van der Waals surface area contributed by atoms with Gasteiger partial charge in [-0.15, -0.1) is 0 Å². The summed E-state index contributed by atoms with van der Waals surface area (Å²) in [6.07, 6.45) is 1.62. The number of pyridine rings is 1. The molecule has 0 unspecified atom stereocenters. The zero-order chi connectivity index (χ0) is 13.1. The Bertz CT molecular complexity index is 576. The second-order valence-electron chi connectivity index (χ2n) is 3.59. The van der Waals surface area contributed by atoms with E-state index >= 15 is 0 Å². The Kier molecular flexibility index (Phi) is 4.32. The molecule has 94 valence electrons. The third-order valence-corrected chi connectivity index (χ3v) is 3.39. The first-order valence-electron chi connectivity index (χ1n) is 5.09. The van der Waals surface area contributed by atoms with E-state index < -0.39 is 0 Å². The standard InChI is InChI=1S/C12H9BrCl2N2O/c13-8-4-10(12(15)17-6-8)16-5-7-2-1-3-9(14)11(7)18/h1-4,6,16,18H,5H2. The van der Waals surface area contributed by atoms with Gasteiger partial charge >= 0.3 is 0 Å². The fraction of sp³-hybridized carbons (Fsp3) is 0.0833. The number of aromatic hydroxyl groups is 1. The average molecular weight is 348 g/mol. The quantitative estimate of drug-likeness (QED) is 0.805. The summed E-state index contributed by atoms with van der Waals surface area (Å²) in [6.45, 7) is 0.407. The van der Waals surface area contributed by atoms with Crippen molar-refractivity contribution in [3.8, 4) is 5.75 Å². The minimum Gasteiger partial charge on any atom is -0.506 e. The molecule has 3 nitrogen and oxygen atoms in total. The van der Waals surface area contributed by atoms with E-state index in [4.69, 9.17) is 23.2 Å². The van der Waals surface area contributed by atoms with Crippen molar-refractivity contribution in [1.82, 2.24) is 4.98 Å². The maximum absolute atomic E-state index is 9.77. The van der Waals surface area contributed by atoms with Crippen molar-refractivity contribution >= 4 is 44.8 Å². The van der Waals surface area contributed by atoms with Gasteiger partial charge in [-0.25, -0.2) is 4.98 Å². The van der Waals surface area contributed by atoms with E-state index in [1.165, 1.54) is 0 Å². The summed E-state index contributed by atoms with van der Waals surface area (Å²) >= 11 is 15.1. The van der Waals surface area contributed by atoms with Gasteiger partial charge in [0.1, 0.15) is 5.75 Å². The van der Waals surface area contributed by atoms with E-state index in [9.17, 15) is 5.11 Å². The topological polar surface area (TPSA) is 45.1 Å². The van der Waals surface area contributed by atoms with E-state index in [0.29, 0.717) is 28.0 Å². The van der Waals surface area contributed by atoms with E-state index in [1.807, 2.05) is 6.07 Å². The first kappa shape index (κ1) is 13.5. The molecule has 0 amide bonds. The molecule has 0 bridgehead atoms. The van der Waals surface area contributed by atoms with Crippen LogP contribution in [-0.2, 0) is 6.54 Å². The first-order valence-corrected chi connectivity index (χ1v) is 6.64. The molecule has 0 aliphatic heterocycles. The van der Waals surface area contributed by atoms with Gasteiger partial charge in [-0.2, -0.15) is 0 Å². The van der Waals surface area contributed by atoms with Crippen LogP contribution in [0.4, 0.5) is 5.69 Å². The highest BCUT2D eigenvalue weighted by Gasteiger charge is 2.07. The van der Waals surface area contributed by atoms with Crippen LogP contribution in [0.15, 0.2) is 34.9 Å². The third kappa shape index (κ3) is 3.07. The molecule has 18 heavy (non-hydrogen) atoms. The van der Waals surface area contributed by atoms with Gasteiger partial charge in [-0.05, 0) is 28.1 Å². The van der Waals surface area contributed by atoms with Crippen LogP contribution in [0.1, 0.15) is 5.56 Å². The highest BCUT2D eigenvalue weighted by atomic mass is 79.9. The molecule has 2 N–H and O–H groups in total. The molecule has 2 rings (SSSR count). The average Bonchev–Trinajstić information content (AvgIpc) is 2.35. The van der Waals surface area contributed by atoms with Crippen LogP contribution in [0.25, 0.3) is 0 Å². The van der Waals surface area contributed by atoms with Gasteiger partial charge in [-0.3, -0.25) is 0 Å². The number of phenols is 1. The number of aromatic nitrogens is 1. The predicted octanol–water partition coefficient (Wildman–Crippen LogP) is 4.47. The van der Waals surface area contributed by atoms with Crippen LogP contribution in [0, 0.1) is 0 Å². The lowest BCUT2D eigenvalue weighted by Gasteiger charge is -2.10. The normalized spacial score (nSPS) is 10.4. The number of anilines is 1. The second-order valence-corrected chi connectivity index (χ2v) is 5.27. The molecule has 2 aromatic rings. The van der Waals surface area contributed by atoms with Crippen molar-refractivity contribution in [2.75, 3.05) is 5.32 Å². The van der Waals surface area contributed by atoms with Crippen molar-refractivity contribution in [1.29, 1.82) is 0 Å². The summed E-state index contributed by atoms with van der Waals surface area (Å²) in [6, 6.07) is 7.01. The molecule has 0 fully saturated rings. The fourth-order valence-electron chi connectivity index (χ4n) is 1.44. The molecule has 1 aromatic carbocycles. The molecule has 1 aromatic heterocycles. The van der Waals surface area contributed by atoms with Gasteiger partial charge in [-0.1, -0.05) is 35.3 Å². The van der Waals surface area contributed by atoms with Crippen LogP contribution in [0.3, 0.4) is 0 Å². The zero-order valence-corrected chi connectivity index (χ0v) is 12.2. The van der Waals surface area contributed by atoms with Crippen LogP contribution in [0.5, 0.6) is 5.75 Å². The Morgan fingerprint density at radius 1 is 1.33 bits per heavy atom.